The van der Waals surface area contributed by atoms with E-state index in [1.165, 1.54) is 0 Å². The number of pyridine rings is 1. The topological polar surface area (TPSA) is 75.2 Å². The van der Waals surface area contributed by atoms with Crippen LogP contribution in [0.15, 0.2) is 47.0 Å². The lowest BCUT2D eigenvalue weighted by Crippen LogP contribution is -2.31. The van der Waals surface area contributed by atoms with Gasteiger partial charge in [-0.05, 0) is 30.3 Å². The van der Waals surface area contributed by atoms with E-state index in [0.717, 1.165) is 35.7 Å². The van der Waals surface area contributed by atoms with Crippen molar-refractivity contribution in [1.29, 1.82) is 5.26 Å². The van der Waals surface area contributed by atoms with Crippen LogP contribution in [0.4, 0.5) is 5.82 Å². The Morgan fingerprint density at radius 1 is 1.28 bits per heavy atom. The molecule has 0 radical (unpaired) electrons. The molecule has 6 nitrogen and oxygen atoms in total. The van der Waals surface area contributed by atoms with Crippen molar-refractivity contribution in [3.8, 4) is 23.3 Å². The van der Waals surface area contributed by atoms with Gasteiger partial charge in [0, 0.05) is 24.7 Å². The lowest BCUT2D eigenvalue weighted by molar-refractivity contribution is 0.414. The first-order valence-corrected chi connectivity index (χ1v) is 8.01. The normalized spacial score (nSPS) is 13.2. The van der Waals surface area contributed by atoms with E-state index >= 15 is 0 Å². The van der Waals surface area contributed by atoms with Gasteiger partial charge in [-0.2, -0.15) is 5.26 Å². The van der Waals surface area contributed by atoms with Crippen molar-refractivity contribution in [3.63, 3.8) is 0 Å². The number of anilines is 1. The molecule has 0 unspecified atom stereocenters. The van der Waals surface area contributed by atoms with Gasteiger partial charge in [0.15, 0.2) is 0 Å². The first-order valence-electron chi connectivity index (χ1n) is 8.01. The molecular weight excluding hydrogens is 316 g/mol. The molecule has 2 aromatic heterocycles. The number of rotatable bonds is 3. The fourth-order valence-electron chi connectivity index (χ4n) is 3.00. The standard InChI is InChI=1S/C19H16N4O2/c1-24-15-6-2-4-13(10-15)19-22-16-12-23(9-7-17(16)25-19)18-14(11-20)5-3-8-21-18/h2-6,8,10H,7,9,12H2,1H3. The van der Waals surface area contributed by atoms with E-state index in [2.05, 4.69) is 20.9 Å². The number of nitrogens with zero attached hydrogens (tertiary/aromatic N) is 4. The molecule has 0 N–H and O–H groups in total. The van der Waals surface area contributed by atoms with E-state index in [1.54, 1.807) is 25.4 Å². The van der Waals surface area contributed by atoms with E-state index in [-0.39, 0.29) is 0 Å². The number of methoxy groups -OCH3 is 1. The van der Waals surface area contributed by atoms with Gasteiger partial charge >= 0.3 is 0 Å². The molecule has 124 valence electrons. The first kappa shape index (κ1) is 15.2. The van der Waals surface area contributed by atoms with E-state index in [4.69, 9.17) is 9.15 Å². The minimum atomic E-state index is 0.572. The maximum Gasteiger partial charge on any atom is 0.226 e. The van der Waals surface area contributed by atoms with Crippen LogP contribution in [0.1, 0.15) is 17.0 Å². The molecule has 0 saturated carbocycles. The van der Waals surface area contributed by atoms with E-state index in [9.17, 15) is 5.26 Å². The van der Waals surface area contributed by atoms with Crippen LogP contribution < -0.4 is 9.64 Å². The molecular formula is C19H16N4O2. The highest BCUT2D eigenvalue weighted by molar-refractivity contribution is 5.58. The molecule has 1 aliphatic rings. The van der Waals surface area contributed by atoms with Crippen LogP contribution in [0, 0.1) is 11.3 Å². The summed E-state index contributed by atoms with van der Waals surface area (Å²) in [6.45, 7) is 1.32. The van der Waals surface area contributed by atoms with Crippen LogP contribution in [0.2, 0.25) is 0 Å². The molecule has 3 aromatic rings. The summed E-state index contributed by atoms with van der Waals surface area (Å²) in [4.78, 5) is 11.1. The summed E-state index contributed by atoms with van der Waals surface area (Å²) in [5.41, 5.74) is 2.34. The van der Waals surface area contributed by atoms with E-state index in [0.29, 0.717) is 23.8 Å². The molecule has 25 heavy (non-hydrogen) atoms. The second kappa shape index (κ2) is 6.29. The highest BCUT2D eigenvalue weighted by atomic mass is 16.5. The van der Waals surface area contributed by atoms with E-state index in [1.807, 2.05) is 24.3 Å². The van der Waals surface area contributed by atoms with Gasteiger partial charge in [-0.1, -0.05) is 6.07 Å². The van der Waals surface area contributed by atoms with Gasteiger partial charge in [0.25, 0.3) is 0 Å². The summed E-state index contributed by atoms with van der Waals surface area (Å²) < 4.78 is 11.2. The summed E-state index contributed by atoms with van der Waals surface area (Å²) in [5.74, 6) is 2.94. The van der Waals surface area contributed by atoms with Crippen LogP contribution in [0.5, 0.6) is 5.75 Å². The van der Waals surface area contributed by atoms with Gasteiger partial charge in [-0.15, -0.1) is 0 Å². The average molecular weight is 332 g/mol. The van der Waals surface area contributed by atoms with Crippen molar-refractivity contribution >= 4 is 5.82 Å². The predicted molar refractivity (Wildman–Crippen MR) is 92.2 cm³/mol. The maximum absolute atomic E-state index is 9.28. The molecule has 6 heteroatoms. The van der Waals surface area contributed by atoms with Crippen LogP contribution in [-0.2, 0) is 13.0 Å². The van der Waals surface area contributed by atoms with Crippen LogP contribution >= 0.6 is 0 Å². The van der Waals surface area contributed by atoms with Crippen molar-refractivity contribution < 1.29 is 9.15 Å². The van der Waals surface area contributed by atoms with Gasteiger partial charge in [0.1, 0.15) is 29.1 Å². The monoisotopic (exact) mass is 332 g/mol. The lowest BCUT2D eigenvalue weighted by atomic mass is 10.1. The van der Waals surface area contributed by atoms with E-state index < -0.39 is 0 Å². The smallest absolute Gasteiger partial charge is 0.226 e. The fraction of sp³-hybridized carbons (Fsp3) is 0.211. The van der Waals surface area contributed by atoms with Crippen LogP contribution in [0.3, 0.4) is 0 Å². The maximum atomic E-state index is 9.28. The Labute approximate surface area is 145 Å². The second-order valence-electron chi connectivity index (χ2n) is 5.78. The number of nitriles is 1. The zero-order valence-corrected chi connectivity index (χ0v) is 13.8. The van der Waals surface area contributed by atoms with Crippen molar-refractivity contribution in [2.45, 2.75) is 13.0 Å². The first-order chi connectivity index (χ1) is 12.3. The van der Waals surface area contributed by atoms with Crippen molar-refractivity contribution in [2.75, 3.05) is 18.6 Å². The minimum Gasteiger partial charge on any atom is -0.497 e. The summed E-state index contributed by atoms with van der Waals surface area (Å²) in [5, 5.41) is 9.28. The largest absolute Gasteiger partial charge is 0.497 e. The summed E-state index contributed by atoms with van der Waals surface area (Å²) >= 11 is 0. The number of hydrogen-bond acceptors (Lipinski definition) is 6. The van der Waals surface area contributed by atoms with Crippen molar-refractivity contribution in [1.82, 2.24) is 9.97 Å². The molecule has 0 fully saturated rings. The number of benzene rings is 1. The van der Waals surface area contributed by atoms with Gasteiger partial charge in [-0.3, -0.25) is 0 Å². The Bertz CT molecular complexity index is 958. The Morgan fingerprint density at radius 2 is 2.20 bits per heavy atom. The highest BCUT2D eigenvalue weighted by Crippen LogP contribution is 2.30. The molecule has 0 bridgehead atoms. The molecule has 4 rings (SSSR count). The Hall–Kier alpha value is -3.33. The molecule has 0 aliphatic carbocycles. The summed E-state index contributed by atoms with van der Waals surface area (Å²) in [7, 11) is 1.64. The summed E-state index contributed by atoms with van der Waals surface area (Å²) in [6.07, 6.45) is 2.43. The molecule has 1 aliphatic heterocycles. The number of oxazole rings is 1. The van der Waals surface area contributed by atoms with Crippen molar-refractivity contribution in [3.05, 3.63) is 59.6 Å². The number of fused-ring (bicyclic) bond motifs is 1. The second-order valence-corrected chi connectivity index (χ2v) is 5.78. The van der Waals surface area contributed by atoms with Gasteiger partial charge in [-0.25, -0.2) is 9.97 Å². The molecule has 0 amide bonds. The van der Waals surface area contributed by atoms with Crippen molar-refractivity contribution in [2.24, 2.45) is 0 Å². The minimum absolute atomic E-state index is 0.572. The molecule has 1 aromatic carbocycles. The third kappa shape index (κ3) is 2.81. The molecule has 0 saturated heterocycles. The molecule has 0 spiro atoms. The number of ether oxygens (including phenoxy) is 1. The highest BCUT2D eigenvalue weighted by Gasteiger charge is 2.25. The third-order valence-corrected chi connectivity index (χ3v) is 4.25. The Kier molecular flexibility index (Phi) is 3.82. The number of aromatic nitrogens is 2. The number of hydrogen-bond donors (Lipinski definition) is 0. The SMILES string of the molecule is COc1cccc(-c2nc3c(o2)CCN(c2ncccc2C#N)C3)c1. The molecule has 0 atom stereocenters. The Morgan fingerprint density at radius 3 is 3.04 bits per heavy atom. The van der Waals surface area contributed by atoms with Crippen LogP contribution in [0.25, 0.3) is 11.5 Å². The van der Waals surface area contributed by atoms with Gasteiger partial charge in [0.05, 0.1) is 19.2 Å². The quantitative estimate of drug-likeness (QED) is 0.733. The zero-order valence-electron chi connectivity index (χ0n) is 13.8. The van der Waals surface area contributed by atoms with Gasteiger partial charge < -0.3 is 14.1 Å². The Balaban J connectivity index is 1.64. The third-order valence-electron chi connectivity index (χ3n) is 4.25. The van der Waals surface area contributed by atoms with Crippen LogP contribution in [-0.4, -0.2) is 23.6 Å². The summed E-state index contributed by atoms with van der Waals surface area (Å²) in [6, 6.07) is 13.4. The van der Waals surface area contributed by atoms with Gasteiger partial charge in [0.2, 0.25) is 5.89 Å². The lowest BCUT2D eigenvalue weighted by Gasteiger charge is -2.26. The zero-order chi connectivity index (χ0) is 17.2. The fourth-order valence-corrected chi connectivity index (χ4v) is 3.00. The molecule has 3 heterocycles. The predicted octanol–water partition coefficient (Wildman–Crippen LogP) is 3.18. The average Bonchev–Trinajstić information content (AvgIpc) is 3.11.